The van der Waals surface area contributed by atoms with Crippen LogP contribution in [0.1, 0.15) is 18.2 Å². The summed E-state index contributed by atoms with van der Waals surface area (Å²) in [6.07, 6.45) is -1.32. The molecule has 0 radical (unpaired) electrons. The predicted molar refractivity (Wildman–Crippen MR) is 101 cm³/mol. The Morgan fingerprint density at radius 3 is 3.17 bits per heavy atom. The van der Waals surface area contributed by atoms with Crippen LogP contribution in [0.25, 0.3) is 11.2 Å². The summed E-state index contributed by atoms with van der Waals surface area (Å²) in [5.41, 5.74) is 6.43. The molecule has 5 rings (SSSR count). The van der Waals surface area contributed by atoms with Gasteiger partial charge in [0.2, 0.25) is 5.95 Å². The largest absolute Gasteiger partial charge is 0.426 e. The topological polar surface area (TPSA) is 127 Å². The Kier molecular flexibility index (Phi) is 4.67. The molecule has 3 aromatic rings. The smallest absolute Gasteiger partial charge is 0.397 e. The fourth-order valence-corrected chi connectivity index (χ4v) is 4.33. The van der Waals surface area contributed by atoms with Crippen molar-refractivity contribution in [1.29, 1.82) is 0 Å². The molecule has 4 atom stereocenters. The monoisotopic (exact) mass is 421 g/mol. The molecule has 152 valence electrons. The number of benzene rings is 1. The van der Waals surface area contributed by atoms with Gasteiger partial charge in [-0.1, -0.05) is 18.2 Å². The predicted octanol–water partition coefficient (Wildman–Crippen LogP) is 2.18. The van der Waals surface area contributed by atoms with Crippen LogP contribution < -0.4 is 15.8 Å². The molecule has 2 aliphatic rings. The van der Waals surface area contributed by atoms with E-state index in [1.54, 1.807) is 0 Å². The summed E-state index contributed by atoms with van der Waals surface area (Å²) in [6.45, 7) is 0.339. The summed E-state index contributed by atoms with van der Waals surface area (Å²) in [7, 11) is -1.63. The van der Waals surface area contributed by atoms with E-state index in [0.717, 1.165) is 5.56 Å². The summed E-state index contributed by atoms with van der Waals surface area (Å²) >= 11 is 0. The Morgan fingerprint density at radius 2 is 2.28 bits per heavy atom. The highest BCUT2D eigenvalue weighted by molar-refractivity contribution is 7.42. The van der Waals surface area contributed by atoms with Gasteiger partial charge in [-0.15, -0.1) is 0 Å². The number of nitrogen functional groups attached to an aromatic ring is 1. The third kappa shape index (κ3) is 3.46. The first-order valence-electron chi connectivity index (χ1n) is 8.92. The van der Waals surface area contributed by atoms with Crippen molar-refractivity contribution in [2.75, 3.05) is 12.3 Å². The minimum Gasteiger partial charge on any atom is -0.426 e. The molecule has 1 fully saturated rings. The van der Waals surface area contributed by atoms with Gasteiger partial charge in [0.05, 0.1) is 19.5 Å². The lowest BCUT2D eigenvalue weighted by Crippen LogP contribution is -2.23. The van der Waals surface area contributed by atoms with E-state index in [9.17, 15) is 9.18 Å². The summed E-state index contributed by atoms with van der Waals surface area (Å²) in [4.78, 5) is 22.4. The summed E-state index contributed by atoms with van der Waals surface area (Å²) in [5.74, 6) is 0.652. The van der Waals surface area contributed by atoms with Crippen molar-refractivity contribution < 1.29 is 22.7 Å². The van der Waals surface area contributed by atoms with Crippen LogP contribution in [-0.2, 0) is 20.4 Å². The van der Waals surface area contributed by atoms with Crippen LogP contribution in [0.15, 0.2) is 35.4 Å². The van der Waals surface area contributed by atoms with Gasteiger partial charge in [-0.25, -0.2) is 9.37 Å². The third-order valence-electron chi connectivity index (χ3n) is 4.74. The number of hydrogen-bond donors (Lipinski definition) is 2. The number of fused-ring (bicyclic) bond motifs is 2. The highest BCUT2D eigenvalue weighted by Crippen LogP contribution is 2.47. The number of halogens is 1. The van der Waals surface area contributed by atoms with E-state index in [0.29, 0.717) is 12.4 Å². The van der Waals surface area contributed by atoms with Crippen LogP contribution in [-0.4, -0.2) is 38.4 Å². The van der Waals surface area contributed by atoms with Gasteiger partial charge < -0.3 is 15.0 Å². The van der Waals surface area contributed by atoms with Gasteiger partial charge in [-0.2, -0.15) is 4.98 Å². The highest BCUT2D eigenvalue weighted by atomic mass is 31.2. The van der Waals surface area contributed by atoms with Gasteiger partial charge in [0.15, 0.2) is 11.2 Å². The summed E-state index contributed by atoms with van der Waals surface area (Å²) in [6, 6.07) is 7.50. The van der Waals surface area contributed by atoms with Crippen LogP contribution in [0.3, 0.4) is 0 Å². The standard InChI is InChI=1S/C17H17FN5O5P/c18-10-5-13(23-8-20-14-15(23)21-17(19)22-16(14)24)27-12(10)7-26-29-25-6-9-3-1-2-4-11(9)28-29/h1-4,8,10,12-13H,5-7H2,(H3,19,21,22,24). The van der Waals surface area contributed by atoms with Crippen molar-refractivity contribution >= 4 is 25.7 Å². The SMILES string of the molecule is Nc1nc2c(ncn2C2CC(F)C(COP3OCc4ccccc4O3)O2)c(=O)[nH]1. The Balaban J connectivity index is 1.26. The number of para-hydroxylation sites is 1. The number of alkyl halides is 1. The highest BCUT2D eigenvalue weighted by Gasteiger charge is 2.38. The van der Waals surface area contributed by atoms with Gasteiger partial charge in [0, 0.05) is 12.0 Å². The average Bonchev–Trinajstić information content (AvgIpc) is 3.29. The number of nitrogens with zero attached hydrogens (tertiary/aromatic N) is 3. The number of rotatable bonds is 4. The van der Waals surface area contributed by atoms with Crippen LogP contribution in [0.4, 0.5) is 10.3 Å². The van der Waals surface area contributed by atoms with Gasteiger partial charge in [-0.3, -0.25) is 23.4 Å². The number of nitrogens with two attached hydrogens (primary N) is 1. The van der Waals surface area contributed by atoms with Crippen molar-refractivity contribution in [3.63, 3.8) is 0 Å². The molecule has 1 saturated heterocycles. The minimum absolute atomic E-state index is 0.0334. The van der Waals surface area contributed by atoms with E-state index in [1.807, 2.05) is 24.3 Å². The number of aromatic nitrogens is 4. The minimum atomic E-state index is -1.63. The van der Waals surface area contributed by atoms with E-state index in [-0.39, 0.29) is 30.1 Å². The first-order chi connectivity index (χ1) is 14.1. The van der Waals surface area contributed by atoms with E-state index >= 15 is 0 Å². The molecule has 0 saturated carbocycles. The lowest BCUT2D eigenvalue weighted by molar-refractivity contribution is -0.0302. The van der Waals surface area contributed by atoms with E-state index < -0.39 is 32.7 Å². The van der Waals surface area contributed by atoms with Crippen molar-refractivity contribution in [3.8, 4) is 5.75 Å². The molecule has 0 aliphatic carbocycles. The first kappa shape index (κ1) is 18.4. The van der Waals surface area contributed by atoms with Crippen LogP contribution in [0, 0.1) is 0 Å². The van der Waals surface area contributed by atoms with Gasteiger partial charge in [-0.05, 0) is 6.07 Å². The fourth-order valence-electron chi connectivity index (χ4n) is 3.30. The summed E-state index contributed by atoms with van der Waals surface area (Å²) in [5, 5.41) is 0. The molecular weight excluding hydrogens is 404 g/mol. The first-order valence-corrected chi connectivity index (χ1v) is 10.0. The number of H-pyrrole nitrogens is 1. The Hall–Kier alpha value is -2.59. The zero-order valence-electron chi connectivity index (χ0n) is 15.0. The van der Waals surface area contributed by atoms with Gasteiger partial charge in [0.25, 0.3) is 5.56 Å². The normalized spacial score (nSPS) is 26.4. The van der Waals surface area contributed by atoms with E-state index in [1.165, 1.54) is 10.9 Å². The maximum atomic E-state index is 14.6. The molecule has 0 spiro atoms. The molecule has 10 nitrogen and oxygen atoms in total. The van der Waals surface area contributed by atoms with Crippen molar-refractivity contribution in [2.45, 2.75) is 31.5 Å². The maximum absolute atomic E-state index is 14.6. The average molecular weight is 421 g/mol. The van der Waals surface area contributed by atoms with Gasteiger partial charge in [0.1, 0.15) is 24.3 Å². The maximum Gasteiger partial charge on any atom is 0.397 e. The van der Waals surface area contributed by atoms with Crippen LogP contribution in [0.2, 0.25) is 0 Å². The zero-order chi connectivity index (χ0) is 20.0. The molecule has 4 heterocycles. The zero-order valence-corrected chi connectivity index (χ0v) is 15.9. The molecule has 3 N–H and O–H groups in total. The Bertz CT molecular complexity index is 1110. The van der Waals surface area contributed by atoms with Crippen molar-refractivity contribution in [2.24, 2.45) is 0 Å². The summed E-state index contributed by atoms with van der Waals surface area (Å²) < 4.78 is 38.7. The molecule has 2 aromatic heterocycles. The molecule has 0 amide bonds. The number of imidazole rings is 1. The number of nitrogens with one attached hydrogen (secondary N) is 1. The number of aromatic amines is 1. The Morgan fingerprint density at radius 1 is 1.41 bits per heavy atom. The van der Waals surface area contributed by atoms with E-state index in [4.69, 9.17) is 24.0 Å². The van der Waals surface area contributed by atoms with Crippen LogP contribution in [0.5, 0.6) is 5.75 Å². The van der Waals surface area contributed by atoms with Crippen molar-refractivity contribution in [1.82, 2.24) is 19.5 Å². The van der Waals surface area contributed by atoms with Crippen LogP contribution >= 0.6 is 8.60 Å². The molecular formula is C17H17FN5O5P. The number of hydrogen-bond acceptors (Lipinski definition) is 8. The molecule has 0 bridgehead atoms. The molecule has 12 heteroatoms. The van der Waals surface area contributed by atoms with Crippen molar-refractivity contribution in [3.05, 3.63) is 46.5 Å². The second kappa shape index (κ2) is 7.34. The second-order valence-corrected chi connectivity index (χ2v) is 7.79. The molecule has 2 aliphatic heterocycles. The lowest BCUT2D eigenvalue weighted by atomic mass is 10.2. The number of ether oxygens (including phenoxy) is 1. The fraction of sp³-hybridized carbons (Fsp3) is 0.353. The van der Waals surface area contributed by atoms with E-state index in [2.05, 4.69) is 15.0 Å². The quantitative estimate of drug-likeness (QED) is 0.614. The molecule has 4 unspecified atom stereocenters. The number of anilines is 1. The Labute approximate surface area is 164 Å². The molecule has 1 aromatic carbocycles. The molecule has 29 heavy (non-hydrogen) atoms. The third-order valence-corrected chi connectivity index (χ3v) is 5.78. The van der Waals surface area contributed by atoms with Gasteiger partial charge >= 0.3 is 8.60 Å². The lowest BCUT2D eigenvalue weighted by Gasteiger charge is -2.24. The second-order valence-electron chi connectivity index (χ2n) is 6.65.